The van der Waals surface area contributed by atoms with Gasteiger partial charge in [-0.2, -0.15) is 5.10 Å². The average molecular weight is 312 g/mol. The molecule has 8 heteroatoms. The van der Waals surface area contributed by atoms with Crippen LogP contribution in [0.3, 0.4) is 0 Å². The molecule has 1 atom stereocenters. The molecule has 2 N–H and O–H groups in total. The minimum Gasteiger partial charge on any atom is -0.326 e. The number of nitrogens with one attached hydrogen (secondary N) is 2. The molecule has 1 saturated heterocycles. The van der Waals surface area contributed by atoms with Crippen molar-refractivity contribution in [2.24, 2.45) is 0 Å². The fraction of sp³-hybridized carbons (Fsp3) is 0.400. The van der Waals surface area contributed by atoms with Crippen LogP contribution in [0.4, 0.5) is 4.79 Å². The lowest BCUT2D eigenvalue weighted by atomic mass is 10.2. The highest BCUT2D eigenvalue weighted by Gasteiger charge is 2.34. The molecule has 1 unspecified atom stereocenters. The lowest BCUT2D eigenvalue weighted by Crippen LogP contribution is -2.32. The Hall–Kier alpha value is -2.77. The quantitative estimate of drug-likeness (QED) is 0.805. The third kappa shape index (κ3) is 2.56. The molecule has 1 aliphatic heterocycles. The summed E-state index contributed by atoms with van der Waals surface area (Å²) in [5.74, 6) is 1.55. The van der Waals surface area contributed by atoms with E-state index in [1.54, 1.807) is 17.1 Å². The van der Waals surface area contributed by atoms with Crippen molar-refractivity contribution < 1.29 is 9.59 Å². The van der Waals surface area contributed by atoms with Crippen LogP contribution >= 0.6 is 0 Å². The van der Waals surface area contributed by atoms with E-state index in [-0.39, 0.29) is 5.91 Å². The molecule has 3 heterocycles. The number of aryl methyl sites for hydroxylation is 1. The van der Waals surface area contributed by atoms with Gasteiger partial charge in [0.05, 0.1) is 5.69 Å². The maximum absolute atomic E-state index is 11.8. The van der Waals surface area contributed by atoms with Crippen molar-refractivity contribution in [2.75, 3.05) is 0 Å². The maximum Gasteiger partial charge on any atom is 0.322 e. The Balaban J connectivity index is 1.71. The van der Waals surface area contributed by atoms with E-state index in [1.165, 1.54) is 0 Å². The smallest absolute Gasteiger partial charge is 0.322 e. The number of carbonyl (C=O) groups is 2. The zero-order valence-corrected chi connectivity index (χ0v) is 12.6. The second-order valence-corrected chi connectivity index (χ2v) is 5.95. The maximum atomic E-state index is 11.8. The Labute approximate surface area is 132 Å². The molecule has 23 heavy (non-hydrogen) atoms. The molecule has 4 rings (SSSR count). The van der Waals surface area contributed by atoms with Gasteiger partial charge in [0.1, 0.15) is 11.9 Å². The number of rotatable bonds is 4. The van der Waals surface area contributed by atoms with Gasteiger partial charge in [-0.1, -0.05) is 0 Å². The molecule has 0 bridgehead atoms. The van der Waals surface area contributed by atoms with Gasteiger partial charge >= 0.3 is 6.03 Å². The molecule has 8 nitrogen and oxygen atoms in total. The summed E-state index contributed by atoms with van der Waals surface area (Å²) in [5, 5.41) is 9.47. The predicted octanol–water partition coefficient (Wildman–Crippen LogP) is 0.599. The van der Waals surface area contributed by atoms with Crippen LogP contribution in [0, 0.1) is 6.92 Å². The van der Waals surface area contributed by atoms with Crippen molar-refractivity contribution in [1.82, 2.24) is 30.4 Å². The van der Waals surface area contributed by atoms with Gasteiger partial charge in [-0.15, -0.1) is 0 Å². The monoisotopic (exact) mass is 312 g/mol. The number of hydrogen-bond acceptors (Lipinski definition) is 5. The van der Waals surface area contributed by atoms with Crippen molar-refractivity contribution >= 4 is 11.9 Å². The van der Waals surface area contributed by atoms with Crippen LogP contribution in [0.5, 0.6) is 0 Å². The Bertz CT molecular complexity index is 795. The Morgan fingerprint density at radius 3 is 2.83 bits per heavy atom. The fourth-order valence-electron chi connectivity index (χ4n) is 2.69. The Kier molecular flexibility index (Phi) is 3.10. The summed E-state index contributed by atoms with van der Waals surface area (Å²) in [5.41, 5.74) is 1.86. The van der Waals surface area contributed by atoms with Gasteiger partial charge < -0.3 is 5.32 Å². The van der Waals surface area contributed by atoms with Crippen LogP contribution in [0.25, 0.3) is 5.69 Å². The Morgan fingerprint density at radius 1 is 1.35 bits per heavy atom. The highest BCUT2D eigenvalue weighted by atomic mass is 16.2. The van der Waals surface area contributed by atoms with Crippen LogP contribution in [-0.4, -0.2) is 37.7 Å². The summed E-state index contributed by atoms with van der Waals surface area (Å²) < 4.78 is 1.77. The van der Waals surface area contributed by atoms with Crippen LogP contribution in [-0.2, 0) is 11.2 Å². The summed E-state index contributed by atoms with van der Waals surface area (Å²) in [4.78, 5) is 31.8. The van der Waals surface area contributed by atoms with Gasteiger partial charge in [0.2, 0.25) is 0 Å². The number of nitrogens with zero attached hydrogens (tertiary/aromatic N) is 4. The molecular weight excluding hydrogens is 296 g/mol. The standard InChI is InChI=1S/C15H16N6O2/c1-8-7-16-5-4-11(8)21-12(18-13(20-21)9-2-3-9)6-10-14(22)19-15(23)17-10/h4-5,7,9-10H,2-3,6H2,1H3,(H2,17,19,22,23). The summed E-state index contributed by atoms with van der Waals surface area (Å²) in [7, 11) is 0. The number of hydrogen-bond donors (Lipinski definition) is 2. The second-order valence-electron chi connectivity index (χ2n) is 5.95. The number of imide groups is 1. The molecule has 2 aliphatic rings. The van der Waals surface area contributed by atoms with Crippen LogP contribution < -0.4 is 10.6 Å². The molecule has 2 fully saturated rings. The van der Waals surface area contributed by atoms with Gasteiger partial charge in [0, 0.05) is 24.7 Å². The van der Waals surface area contributed by atoms with E-state index in [9.17, 15) is 9.59 Å². The topological polar surface area (TPSA) is 102 Å². The minimum absolute atomic E-state index is 0.305. The fourth-order valence-corrected chi connectivity index (χ4v) is 2.69. The van der Waals surface area contributed by atoms with Gasteiger partial charge in [0.15, 0.2) is 5.82 Å². The summed E-state index contributed by atoms with van der Waals surface area (Å²) in [6.07, 6.45) is 5.97. The van der Waals surface area contributed by atoms with E-state index in [0.717, 1.165) is 29.9 Å². The number of carbonyl (C=O) groups excluding carboxylic acids is 2. The molecule has 1 aliphatic carbocycles. The van der Waals surface area contributed by atoms with Gasteiger partial charge in [0.25, 0.3) is 5.91 Å². The van der Waals surface area contributed by atoms with E-state index in [1.807, 2.05) is 13.0 Å². The summed E-state index contributed by atoms with van der Waals surface area (Å²) in [6.45, 7) is 1.95. The first-order valence-corrected chi connectivity index (χ1v) is 7.60. The molecule has 3 amide bonds. The molecule has 0 radical (unpaired) electrons. The number of pyridine rings is 1. The van der Waals surface area contributed by atoms with E-state index < -0.39 is 12.1 Å². The lowest BCUT2D eigenvalue weighted by Gasteiger charge is -2.10. The molecule has 0 spiro atoms. The van der Waals surface area contributed by atoms with E-state index >= 15 is 0 Å². The first-order valence-electron chi connectivity index (χ1n) is 7.60. The SMILES string of the molecule is Cc1cnccc1-n1nc(C2CC2)nc1CC1NC(=O)NC1=O. The van der Waals surface area contributed by atoms with Crippen LogP contribution in [0.1, 0.15) is 36.0 Å². The van der Waals surface area contributed by atoms with E-state index in [4.69, 9.17) is 0 Å². The molecule has 2 aromatic heterocycles. The van der Waals surface area contributed by atoms with Gasteiger partial charge in [-0.3, -0.25) is 15.1 Å². The van der Waals surface area contributed by atoms with Crippen molar-refractivity contribution in [3.8, 4) is 5.69 Å². The minimum atomic E-state index is -0.611. The van der Waals surface area contributed by atoms with Crippen molar-refractivity contribution in [2.45, 2.75) is 38.1 Å². The number of aromatic nitrogens is 4. The lowest BCUT2D eigenvalue weighted by molar-refractivity contribution is -0.120. The normalized spacial score (nSPS) is 20.5. The Morgan fingerprint density at radius 2 is 2.17 bits per heavy atom. The van der Waals surface area contributed by atoms with E-state index in [0.29, 0.717) is 18.2 Å². The van der Waals surface area contributed by atoms with E-state index in [2.05, 4.69) is 25.7 Å². The third-order valence-corrected chi connectivity index (χ3v) is 4.10. The second kappa shape index (κ2) is 5.15. The average Bonchev–Trinajstić information content (AvgIpc) is 3.21. The zero-order chi connectivity index (χ0) is 16.0. The highest BCUT2D eigenvalue weighted by Crippen LogP contribution is 2.38. The van der Waals surface area contributed by atoms with Crippen LogP contribution in [0.2, 0.25) is 0 Å². The van der Waals surface area contributed by atoms with Crippen molar-refractivity contribution in [3.05, 3.63) is 35.7 Å². The molecule has 118 valence electrons. The van der Waals surface area contributed by atoms with Gasteiger partial charge in [-0.25, -0.2) is 14.5 Å². The third-order valence-electron chi connectivity index (χ3n) is 4.10. The number of urea groups is 1. The first kappa shape index (κ1) is 13.9. The largest absolute Gasteiger partial charge is 0.326 e. The molecule has 1 saturated carbocycles. The van der Waals surface area contributed by atoms with Crippen molar-refractivity contribution in [1.29, 1.82) is 0 Å². The molecule has 0 aromatic carbocycles. The van der Waals surface area contributed by atoms with Crippen LogP contribution in [0.15, 0.2) is 18.5 Å². The van der Waals surface area contributed by atoms with Gasteiger partial charge in [-0.05, 0) is 31.4 Å². The summed E-state index contributed by atoms with van der Waals surface area (Å²) >= 11 is 0. The number of amides is 3. The first-order chi connectivity index (χ1) is 11.1. The summed E-state index contributed by atoms with van der Waals surface area (Å²) in [6, 6.07) is 0.797. The predicted molar refractivity (Wildman–Crippen MR) is 80.0 cm³/mol. The molecular formula is C15H16N6O2. The molecule has 2 aromatic rings. The van der Waals surface area contributed by atoms with Crippen molar-refractivity contribution in [3.63, 3.8) is 0 Å². The highest BCUT2D eigenvalue weighted by molar-refractivity contribution is 6.04. The zero-order valence-electron chi connectivity index (χ0n) is 12.6.